The molecule has 96 valence electrons. The predicted octanol–water partition coefficient (Wildman–Crippen LogP) is 2.74. The Morgan fingerprint density at radius 2 is 2.11 bits per heavy atom. The largest absolute Gasteiger partial charge is 0.316 e. The summed E-state index contributed by atoms with van der Waals surface area (Å²) in [4.78, 5) is 0. The highest BCUT2D eigenvalue weighted by Gasteiger charge is 2.11. The van der Waals surface area contributed by atoms with Crippen LogP contribution in [0.3, 0.4) is 0 Å². The standard InChI is InChI=1S/C14H18FN3/c1-4-18-9-13(10(2)17-18)12-6-5-11(8-16-3)7-14(12)15/h5-7,9,16H,4,8H2,1-3H3. The van der Waals surface area contributed by atoms with Gasteiger partial charge in [-0.3, -0.25) is 4.68 Å². The van der Waals surface area contributed by atoms with E-state index in [1.165, 1.54) is 0 Å². The van der Waals surface area contributed by atoms with Crippen molar-refractivity contribution >= 4 is 0 Å². The van der Waals surface area contributed by atoms with Crippen LogP contribution < -0.4 is 5.32 Å². The molecule has 4 heteroatoms. The van der Waals surface area contributed by atoms with Crippen molar-refractivity contribution in [2.24, 2.45) is 0 Å². The fraction of sp³-hybridized carbons (Fsp3) is 0.357. The lowest BCUT2D eigenvalue weighted by Gasteiger charge is -2.05. The molecule has 2 aromatic rings. The van der Waals surface area contributed by atoms with Crippen LogP contribution in [-0.2, 0) is 13.1 Å². The molecule has 2 rings (SSSR count). The van der Waals surface area contributed by atoms with E-state index in [4.69, 9.17) is 0 Å². The summed E-state index contributed by atoms with van der Waals surface area (Å²) in [6.07, 6.45) is 1.89. The first-order valence-electron chi connectivity index (χ1n) is 6.13. The smallest absolute Gasteiger partial charge is 0.131 e. The first-order valence-corrected chi connectivity index (χ1v) is 6.13. The lowest BCUT2D eigenvalue weighted by atomic mass is 10.0. The topological polar surface area (TPSA) is 29.9 Å². The summed E-state index contributed by atoms with van der Waals surface area (Å²) in [6.45, 7) is 5.38. The van der Waals surface area contributed by atoms with Gasteiger partial charge in [-0.1, -0.05) is 12.1 Å². The van der Waals surface area contributed by atoms with Crippen molar-refractivity contribution in [3.63, 3.8) is 0 Å². The minimum Gasteiger partial charge on any atom is -0.316 e. The van der Waals surface area contributed by atoms with E-state index in [0.29, 0.717) is 12.1 Å². The Labute approximate surface area is 107 Å². The first-order chi connectivity index (χ1) is 8.65. The van der Waals surface area contributed by atoms with Gasteiger partial charge in [0.25, 0.3) is 0 Å². The van der Waals surface area contributed by atoms with Crippen molar-refractivity contribution in [2.45, 2.75) is 26.9 Å². The third-order valence-electron chi connectivity index (χ3n) is 2.97. The summed E-state index contributed by atoms with van der Waals surface area (Å²) in [5.41, 5.74) is 3.29. The van der Waals surface area contributed by atoms with Crippen molar-refractivity contribution in [3.8, 4) is 11.1 Å². The van der Waals surface area contributed by atoms with Crippen molar-refractivity contribution in [1.29, 1.82) is 0 Å². The minimum atomic E-state index is -0.193. The van der Waals surface area contributed by atoms with Crippen LogP contribution in [0.1, 0.15) is 18.2 Å². The molecule has 0 aliphatic heterocycles. The van der Waals surface area contributed by atoms with Gasteiger partial charge in [-0.25, -0.2) is 4.39 Å². The molecule has 0 radical (unpaired) electrons. The van der Waals surface area contributed by atoms with Crippen LogP contribution in [0.2, 0.25) is 0 Å². The molecule has 0 fully saturated rings. The second-order valence-corrected chi connectivity index (χ2v) is 4.33. The third kappa shape index (κ3) is 2.43. The number of rotatable bonds is 4. The molecule has 0 spiro atoms. The maximum Gasteiger partial charge on any atom is 0.131 e. The minimum absolute atomic E-state index is 0.193. The molecule has 0 bridgehead atoms. The van der Waals surface area contributed by atoms with Crippen LogP contribution in [0.15, 0.2) is 24.4 Å². The highest BCUT2D eigenvalue weighted by atomic mass is 19.1. The number of benzene rings is 1. The molecule has 3 nitrogen and oxygen atoms in total. The lowest BCUT2D eigenvalue weighted by Crippen LogP contribution is -2.05. The third-order valence-corrected chi connectivity index (χ3v) is 2.97. The van der Waals surface area contributed by atoms with Crippen LogP contribution in [0, 0.1) is 12.7 Å². The Morgan fingerprint density at radius 1 is 1.33 bits per heavy atom. The van der Waals surface area contributed by atoms with Gasteiger partial charge in [0, 0.05) is 30.4 Å². The van der Waals surface area contributed by atoms with E-state index in [2.05, 4.69) is 10.4 Å². The summed E-state index contributed by atoms with van der Waals surface area (Å²) >= 11 is 0. The fourth-order valence-electron chi connectivity index (χ4n) is 2.04. The number of aromatic nitrogens is 2. The van der Waals surface area contributed by atoms with Gasteiger partial charge in [0.1, 0.15) is 5.82 Å². The Balaban J connectivity index is 2.41. The van der Waals surface area contributed by atoms with Gasteiger partial charge in [0.2, 0.25) is 0 Å². The van der Waals surface area contributed by atoms with Gasteiger partial charge in [-0.15, -0.1) is 0 Å². The number of halogens is 1. The molecule has 0 aliphatic rings. The number of hydrogen-bond donors (Lipinski definition) is 1. The number of nitrogens with zero attached hydrogens (tertiary/aromatic N) is 2. The van der Waals surface area contributed by atoms with E-state index in [9.17, 15) is 4.39 Å². The van der Waals surface area contributed by atoms with Crippen molar-refractivity contribution in [1.82, 2.24) is 15.1 Å². The fourth-order valence-corrected chi connectivity index (χ4v) is 2.04. The van der Waals surface area contributed by atoms with Crippen LogP contribution in [0.25, 0.3) is 11.1 Å². The molecule has 1 N–H and O–H groups in total. The molecule has 18 heavy (non-hydrogen) atoms. The summed E-state index contributed by atoms with van der Waals surface area (Å²) in [5.74, 6) is -0.193. The SMILES string of the molecule is CCn1cc(-c2ccc(CNC)cc2F)c(C)n1. The summed E-state index contributed by atoms with van der Waals surface area (Å²) in [5, 5.41) is 7.35. The number of hydrogen-bond acceptors (Lipinski definition) is 2. The molecule has 1 aromatic heterocycles. The Kier molecular flexibility index (Phi) is 3.77. The zero-order valence-corrected chi connectivity index (χ0v) is 11.0. The molecule has 1 heterocycles. The van der Waals surface area contributed by atoms with Crippen LogP contribution in [0.4, 0.5) is 4.39 Å². The van der Waals surface area contributed by atoms with Crippen molar-refractivity contribution in [3.05, 3.63) is 41.5 Å². The first kappa shape index (κ1) is 12.8. The highest BCUT2D eigenvalue weighted by Crippen LogP contribution is 2.26. The van der Waals surface area contributed by atoms with Gasteiger partial charge < -0.3 is 5.32 Å². The molecule has 0 aliphatic carbocycles. The van der Waals surface area contributed by atoms with Crippen LogP contribution in [0.5, 0.6) is 0 Å². The molecule has 0 unspecified atom stereocenters. The second kappa shape index (κ2) is 5.31. The normalized spacial score (nSPS) is 10.9. The van der Waals surface area contributed by atoms with Crippen molar-refractivity contribution in [2.75, 3.05) is 7.05 Å². The molecular weight excluding hydrogens is 229 g/mol. The molecule has 0 saturated heterocycles. The monoisotopic (exact) mass is 247 g/mol. The quantitative estimate of drug-likeness (QED) is 0.900. The number of nitrogens with one attached hydrogen (secondary N) is 1. The summed E-state index contributed by atoms with van der Waals surface area (Å²) in [6, 6.07) is 5.35. The zero-order chi connectivity index (χ0) is 13.1. The predicted molar refractivity (Wildman–Crippen MR) is 70.8 cm³/mol. The van der Waals surface area contributed by atoms with Gasteiger partial charge in [-0.05, 0) is 32.5 Å². The van der Waals surface area contributed by atoms with E-state index in [1.807, 2.05) is 43.9 Å². The van der Waals surface area contributed by atoms with Crippen LogP contribution in [-0.4, -0.2) is 16.8 Å². The van der Waals surface area contributed by atoms with E-state index in [1.54, 1.807) is 6.07 Å². The molecular formula is C14H18FN3. The maximum absolute atomic E-state index is 14.1. The maximum atomic E-state index is 14.1. The number of aryl methyl sites for hydroxylation is 2. The average Bonchev–Trinajstić information content (AvgIpc) is 2.71. The molecule has 0 amide bonds. The van der Waals surface area contributed by atoms with Gasteiger partial charge in [-0.2, -0.15) is 5.10 Å². The van der Waals surface area contributed by atoms with Crippen LogP contribution >= 0.6 is 0 Å². The summed E-state index contributed by atoms with van der Waals surface area (Å²) < 4.78 is 15.9. The molecule has 0 saturated carbocycles. The van der Waals surface area contributed by atoms with Gasteiger partial charge in [0.05, 0.1) is 5.69 Å². The highest BCUT2D eigenvalue weighted by molar-refractivity contribution is 5.66. The zero-order valence-electron chi connectivity index (χ0n) is 11.0. The van der Waals surface area contributed by atoms with E-state index in [0.717, 1.165) is 23.4 Å². The Hall–Kier alpha value is -1.68. The van der Waals surface area contributed by atoms with Gasteiger partial charge >= 0.3 is 0 Å². The molecule has 0 atom stereocenters. The van der Waals surface area contributed by atoms with E-state index in [-0.39, 0.29) is 5.82 Å². The molecule has 1 aromatic carbocycles. The van der Waals surface area contributed by atoms with Gasteiger partial charge in [0.15, 0.2) is 0 Å². The van der Waals surface area contributed by atoms with E-state index >= 15 is 0 Å². The Bertz CT molecular complexity index is 546. The second-order valence-electron chi connectivity index (χ2n) is 4.33. The van der Waals surface area contributed by atoms with E-state index < -0.39 is 0 Å². The average molecular weight is 247 g/mol. The lowest BCUT2D eigenvalue weighted by molar-refractivity contribution is 0.627. The summed E-state index contributed by atoms with van der Waals surface area (Å²) in [7, 11) is 1.85. The van der Waals surface area contributed by atoms with Crippen molar-refractivity contribution < 1.29 is 4.39 Å². The Morgan fingerprint density at radius 3 is 2.67 bits per heavy atom.